The first-order valence-electron chi connectivity index (χ1n) is 3.05. The molecule has 66 valence electrons. The molecule has 7 heteroatoms. The number of hydrogen-bond donors (Lipinski definition) is 2. The second-order valence-electron chi connectivity index (χ2n) is 1.85. The van der Waals surface area contributed by atoms with Gasteiger partial charge in [-0.25, -0.2) is 0 Å². The second-order valence-corrected chi connectivity index (χ2v) is 5.11. The SMILES string of the molecule is CSc1nnc(SCC(=N)N)s1. The van der Waals surface area contributed by atoms with E-state index in [1.807, 2.05) is 6.26 Å². The van der Waals surface area contributed by atoms with E-state index in [9.17, 15) is 0 Å². The van der Waals surface area contributed by atoms with Crippen LogP contribution in [0.1, 0.15) is 0 Å². The van der Waals surface area contributed by atoms with Gasteiger partial charge in [-0.2, -0.15) is 0 Å². The molecule has 0 aliphatic carbocycles. The van der Waals surface area contributed by atoms with E-state index in [0.29, 0.717) is 5.75 Å². The lowest BCUT2D eigenvalue weighted by Gasteiger charge is -1.91. The molecule has 0 saturated heterocycles. The van der Waals surface area contributed by atoms with Crippen LogP contribution in [-0.4, -0.2) is 28.0 Å². The topological polar surface area (TPSA) is 75.7 Å². The van der Waals surface area contributed by atoms with Crippen LogP contribution in [0.5, 0.6) is 0 Å². The molecule has 12 heavy (non-hydrogen) atoms. The lowest BCUT2D eigenvalue weighted by molar-refractivity contribution is 0.956. The minimum atomic E-state index is 0.168. The first kappa shape index (κ1) is 9.82. The van der Waals surface area contributed by atoms with Gasteiger partial charge in [0.25, 0.3) is 0 Å². The van der Waals surface area contributed by atoms with Crippen LogP contribution < -0.4 is 5.73 Å². The zero-order chi connectivity index (χ0) is 8.97. The van der Waals surface area contributed by atoms with Crippen LogP contribution in [0.2, 0.25) is 0 Å². The molecule has 0 amide bonds. The maximum absolute atomic E-state index is 7.00. The highest BCUT2D eigenvalue weighted by atomic mass is 32.2. The molecule has 1 heterocycles. The van der Waals surface area contributed by atoms with Crippen LogP contribution in [0, 0.1) is 5.41 Å². The van der Waals surface area contributed by atoms with Gasteiger partial charge in [0, 0.05) is 0 Å². The Bertz CT molecular complexity index is 271. The summed E-state index contributed by atoms with van der Waals surface area (Å²) in [5, 5.41) is 14.8. The van der Waals surface area contributed by atoms with Crippen molar-refractivity contribution in [1.82, 2.24) is 10.2 Å². The zero-order valence-electron chi connectivity index (χ0n) is 6.40. The number of thioether (sulfide) groups is 2. The van der Waals surface area contributed by atoms with Gasteiger partial charge in [0.05, 0.1) is 5.75 Å². The average molecular weight is 220 g/mol. The zero-order valence-corrected chi connectivity index (χ0v) is 8.85. The normalized spacial score (nSPS) is 10.1. The van der Waals surface area contributed by atoms with Gasteiger partial charge in [0.1, 0.15) is 5.84 Å². The van der Waals surface area contributed by atoms with E-state index >= 15 is 0 Å². The lowest BCUT2D eigenvalue weighted by Crippen LogP contribution is -2.11. The standard InChI is InChI=1S/C5H8N4S3/c1-10-4-8-9-5(12-4)11-2-3(6)7/h2H2,1H3,(H3,6,7). The summed E-state index contributed by atoms with van der Waals surface area (Å²) in [6.07, 6.45) is 1.96. The van der Waals surface area contributed by atoms with Gasteiger partial charge in [-0.3, -0.25) is 5.41 Å². The van der Waals surface area contributed by atoms with Gasteiger partial charge in [0.2, 0.25) is 0 Å². The average Bonchev–Trinajstić information content (AvgIpc) is 2.48. The van der Waals surface area contributed by atoms with Gasteiger partial charge in [0.15, 0.2) is 8.68 Å². The largest absolute Gasteiger partial charge is 0.387 e. The first-order valence-corrected chi connectivity index (χ1v) is 6.08. The maximum atomic E-state index is 7.00. The smallest absolute Gasteiger partial charge is 0.175 e. The van der Waals surface area contributed by atoms with Crippen molar-refractivity contribution in [2.45, 2.75) is 8.68 Å². The fourth-order valence-electron chi connectivity index (χ4n) is 0.477. The molecule has 1 rings (SSSR count). The predicted molar refractivity (Wildman–Crippen MR) is 54.3 cm³/mol. The fourth-order valence-corrected chi connectivity index (χ4v) is 2.67. The Kier molecular flexibility index (Phi) is 3.83. The van der Waals surface area contributed by atoms with Gasteiger partial charge < -0.3 is 5.73 Å². The molecule has 0 aromatic carbocycles. The fraction of sp³-hybridized carbons (Fsp3) is 0.400. The molecule has 0 aliphatic rings. The number of aromatic nitrogens is 2. The van der Waals surface area contributed by atoms with Crippen molar-refractivity contribution < 1.29 is 0 Å². The van der Waals surface area contributed by atoms with Gasteiger partial charge in [-0.15, -0.1) is 10.2 Å². The van der Waals surface area contributed by atoms with Gasteiger partial charge in [-0.1, -0.05) is 34.9 Å². The van der Waals surface area contributed by atoms with E-state index < -0.39 is 0 Å². The minimum Gasteiger partial charge on any atom is -0.387 e. The molecule has 0 aliphatic heterocycles. The van der Waals surface area contributed by atoms with Crippen molar-refractivity contribution in [3.63, 3.8) is 0 Å². The third-order valence-corrected chi connectivity index (χ3v) is 3.99. The van der Waals surface area contributed by atoms with Gasteiger partial charge >= 0.3 is 0 Å². The highest BCUT2D eigenvalue weighted by molar-refractivity contribution is 8.03. The van der Waals surface area contributed by atoms with Crippen LogP contribution in [0.15, 0.2) is 8.68 Å². The minimum absolute atomic E-state index is 0.168. The molecular weight excluding hydrogens is 212 g/mol. The summed E-state index contributed by atoms with van der Waals surface area (Å²) >= 11 is 4.54. The molecule has 4 nitrogen and oxygen atoms in total. The number of rotatable bonds is 4. The highest BCUT2D eigenvalue weighted by Gasteiger charge is 2.03. The van der Waals surface area contributed by atoms with Crippen molar-refractivity contribution in [3.05, 3.63) is 0 Å². The third kappa shape index (κ3) is 3.00. The Labute approximate surface area is 82.8 Å². The molecule has 3 N–H and O–H groups in total. The Morgan fingerprint density at radius 2 is 2.25 bits per heavy atom. The first-order chi connectivity index (χ1) is 5.72. The lowest BCUT2D eigenvalue weighted by atomic mass is 10.7. The molecule has 0 radical (unpaired) electrons. The Morgan fingerprint density at radius 3 is 2.75 bits per heavy atom. The summed E-state index contributed by atoms with van der Waals surface area (Å²) in [6.45, 7) is 0. The summed E-state index contributed by atoms with van der Waals surface area (Å²) in [6, 6.07) is 0. The van der Waals surface area contributed by atoms with Crippen LogP contribution in [0.4, 0.5) is 0 Å². The quantitative estimate of drug-likeness (QED) is 0.454. The maximum Gasteiger partial charge on any atom is 0.175 e. The summed E-state index contributed by atoms with van der Waals surface area (Å²) in [5.41, 5.74) is 5.19. The summed E-state index contributed by atoms with van der Waals surface area (Å²) in [7, 11) is 0. The highest BCUT2D eigenvalue weighted by Crippen LogP contribution is 2.26. The monoisotopic (exact) mass is 220 g/mol. The van der Waals surface area contributed by atoms with Crippen molar-refractivity contribution in [1.29, 1.82) is 5.41 Å². The number of amidine groups is 1. The van der Waals surface area contributed by atoms with E-state index in [-0.39, 0.29) is 5.84 Å². The molecular formula is C5H8N4S3. The van der Waals surface area contributed by atoms with Crippen LogP contribution in [0.3, 0.4) is 0 Å². The molecule has 0 fully saturated rings. The Balaban J connectivity index is 2.47. The number of nitrogens with two attached hydrogens (primary N) is 1. The summed E-state index contributed by atoms with van der Waals surface area (Å²) in [4.78, 5) is 0. The molecule has 0 saturated carbocycles. The number of nitrogens with one attached hydrogen (secondary N) is 1. The van der Waals surface area contributed by atoms with Crippen LogP contribution >= 0.6 is 34.9 Å². The molecule has 0 atom stereocenters. The van der Waals surface area contributed by atoms with E-state index in [2.05, 4.69) is 10.2 Å². The molecule has 0 unspecified atom stereocenters. The summed E-state index contributed by atoms with van der Waals surface area (Å²) in [5.74, 6) is 0.657. The molecule has 0 bridgehead atoms. The van der Waals surface area contributed by atoms with E-state index in [1.54, 1.807) is 11.8 Å². The molecule has 1 aromatic heterocycles. The van der Waals surface area contributed by atoms with Crippen molar-refractivity contribution in [2.75, 3.05) is 12.0 Å². The Morgan fingerprint density at radius 1 is 1.58 bits per heavy atom. The van der Waals surface area contributed by atoms with Crippen molar-refractivity contribution in [3.8, 4) is 0 Å². The van der Waals surface area contributed by atoms with Gasteiger partial charge in [-0.05, 0) is 6.26 Å². The second kappa shape index (κ2) is 4.68. The number of nitrogens with zero attached hydrogens (tertiary/aromatic N) is 2. The van der Waals surface area contributed by atoms with Crippen LogP contribution in [-0.2, 0) is 0 Å². The summed E-state index contributed by atoms with van der Waals surface area (Å²) < 4.78 is 1.82. The number of hydrogen-bond acceptors (Lipinski definition) is 6. The predicted octanol–water partition coefficient (Wildman–Crippen LogP) is 1.29. The Hall–Kier alpha value is -0.270. The van der Waals surface area contributed by atoms with E-state index in [4.69, 9.17) is 11.1 Å². The van der Waals surface area contributed by atoms with Crippen LogP contribution in [0.25, 0.3) is 0 Å². The van der Waals surface area contributed by atoms with E-state index in [1.165, 1.54) is 23.1 Å². The van der Waals surface area contributed by atoms with Crippen molar-refractivity contribution in [2.24, 2.45) is 5.73 Å². The molecule has 1 aromatic rings. The van der Waals surface area contributed by atoms with Crippen molar-refractivity contribution >= 4 is 40.7 Å². The third-order valence-electron chi connectivity index (χ3n) is 0.914. The molecule has 0 spiro atoms. The van der Waals surface area contributed by atoms with E-state index in [0.717, 1.165) is 8.68 Å².